The van der Waals surface area contributed by atoms with Crippen molar-refractivity contribution < 1.29 is 18.3 Å². The number of piperidine rings is 1. The summed E-state index contributed by atoms with van der Waals surface area (Å²) in [6, 6.07) is 7.75. The first kappa shape index (κ1) is 13.4. The Morgan fingerprint density at radius 2 is 1.80 bits per heavy atom. The lowest BCUT2D eigenvalue weighted by molar-refractivity contribution is -0.136. The van der Waals surface area contributed by atoms with Crippen molar-refractivity contribution in [1.82, 2.24) is 0 Å². The van der Waals surface area contributed by atoms with E-state index in [9.17, 15) is 13.2 Å². The summed E-state index contributed by atoms with van der Waals surface area (Å²) in [7, 11) is -2.84. The fourth-order valence-corrected chi connectivity index (χ4v) is 4.93. The van der Waals surface area contributed by atoms with Crippen LogP contribution in [0.1, 0.15) is 18.4 Å². The fraction of sp³-hybridized carbons (Fsp3) is 0.500. The average Bonchev–Trinajstić information content (AvgIpc) is 2.45. The zero-order valence-corrected chi connectivity index (χ0v) is 11.8. The third kappa shape index (κ3) is 2.28. The lowest BCUT2D eigenvalue weighted by Crippen LogP contribution is -2.62. The first-order chi connectivity index (χ1) is 9.46. The van der Waals surface area contributed by atoms with Gasteiger partial charge < -0.3 is 10.0 Å². The molecule has 1 aromatic rings. The number of benzene rings is 1. The number of hydrogen-bond acceptors (Lipinski definition) is 4. The van der Waals surface area contributed by atoms with Crippen LogP contribution in [-0.2, 0) is 21.1 Å². The fourth-order valence-electron chi connectivity index (χ4n) is 2.97. The molecule has 2 unspecified atom stereocenters. The third-order valence-electron chi connectivity index (χ3n) is 4.23. The van der Waals surface area contributed by atoms with Gasteiger partial charge in [-0.05, 0) is 30.5 Å². The first-order valence-electron chi connectivity index (χ1n) is 6.75. The maximum absolute atomic E-state index is 11.7. The molecule has 1 N–H and O–H groups in total. The van der Waals surface area contributed by atoms with Gasteiger partial charge in [0.05, 0.1) is 10.5 Å². The highest BCUT2D eigenvalue weighted by Crippen LogP contribution is 2.37. The molecule has 3 saturated heterocycles. The molecule has 4 rings (SSSR count). The summed E-state index contributed by atoms with van der Waals surface area (Å²) in [5.74, 6) is -0.796. The van der Waals surface area contributed by atoms with E-state index in [-0.39, 0.29) is 16.9 Å². The van der Waals surface area contributed by atoms with Crippen LogP contribution >= 0.6 is 0 Å². The quantitative estimate of drug-likeness (QED) is 0.899. The Morgan fingerprint density at radius 1 is 1.20 bits per heavy atom. The molecule has 0 radical (unpaired) electrons. The molecule has 2 bridgehead atoms. The van der Waals surface area contributed by atoms with Gasteiger partial charge in [0.1, 0.15) is 0 Å². The summed E-state index contributed by atoms with van der Waals surface area (Å²) in [6.07, 6.45) is 1.45. The van der Waals surface area contributed by atoms with E-state index in [1.807, 2.05) is 24.3 Å². The maximum atomic E-state index is 11.7. The van der Waals surface area contributed by atoms with Gasteiger partial charge in [0.15, 0.2) is 9.84 Å². The highest BCUT2D eigenvalue weighted by atomic mass is 32.2. The van der Waals surface area contributed by atoms with Crippen molar-refractivity contribution in [2.24, 2.45) is 0 Å². The van der Waals surface area contributed by atoms with Gasteiger partial charge in [0.2, 0.25) is 0 Å². The number of carbonyl (C=O) groups is 1. The lowest BCUT2D eigenvalue weighted by atomic mass is 10.1. The molecule has 3 aliphatic rings. The summed E-state index contributed by atoms with van der Waals surface area (Å²) in [4.78, 5) is 12.6. The van der Waals surface area contributed by atoms with Gasteiger partial charge in [-0.25, -0.2) is 8.42 Å². The second kappa shape index (κ2) is 4.77. The van der Waals surface area contributed by atoms with Gasteiger partial charge in [0.25, 0.3) is 0 Å². The van der Waals surface area contributed by atoms with Crippen molar-refractivity contribution in [2.45, 2.75) is 29.8 Å². The molecular weight excluding hydrogens is 278 g/mol. The highest BCUT2D eigenvalue weighted by Gasteiger charge is 2.51. The smallest absolute Gasteiger partial charge is 0.303 e. The van der Waals surface area contributed by atoms with E-state index >= 15 is 0 Å². The molecule has 5 nitrogen and oxygen atoms in total. The summed E-state index contributed by atoms with van der Waals surface area (Å²) in [5.41, 5.74) is 2.01. The third-order valence-corrected chi connectivity index (χ3v) is 6.77. The largest absolute Gasteiger partial charge is 0.481 e. The molecule has 6 heteroatoms. The Balaban J connectivity index is 1.66. The van der Waals surface area contributed by atoms with Crippen molar-refractivity contribution >= 4 is 21.5 Å². The number of rotatable bonds is 4. The molecule has 3 fully saturated rings. The van der Waals surface area contributed by atoms with Gasteiger partial charge >= 0.3 is 5.97 Å². The molecule has 0 saturated carbocycles. The van der Waals surface area contributed by atoms with Crippen LogP contribution in [0.15, 0.2) is 24.3 Å². The molecule has 1 aromatic carbocycles. The Kier molecular flexibility index (Phi) is 3.20. The van der Waals surface area contributed by atoms with E-state index < -0.39 is 15.8 Å². The van der Waals surface area contributed by atoms with E-state index in [2.05, 4.69) is 4.90 Å². The van der Waals surface area contributed by atoms with E-state index in [0.29, 0.717) is 19.5 Å². The van der Waals surface area contributed by atoms with Crippen LogP contribution in [0.3, 0.4) is 0 Å². The van der Waals surface area contributed by atoms with Gasteiger partial charge in [0, 0.05) is 25.2 Å². The number of hydrogen-bond donors (Lipinski definition) is 1. The number of aryl methyl sites for hydroxylation is 1. The van der Waals surface area contributed by atoms with E-state index in [1.54, 1.807) is 0 Å². The standard InChI is InChI=1S/C14H17NO4S/c16-14(17)6-3-10-1-4-11(5-2-10)15-8-12-7-13(9-15)20(12,18)19/h1-2,4-5,12-13H,3,6-9H2,(H,16,17). The minimum atomic E-state index is -2.84. The van der Waals surface area contributed by atoms with Gasteiger partial charge in [-0.1, -0.05) is 12.1 Å². The Morgan fingerprint density at radius 3 is 2.30 bits per heavy atom. The number of fused-ring (bicyclic) bond motifs is 2. The van der Waals surface area contributed by atoms with E-state index in [4.69, 9.17) is 5.11 Å². The molecule has 3 heterocycles. The molecule has 20 heavy (non-hydrogen) atoms. The molecule has 3 aliphatic heterocycles. The number of carboxylic acid groups (broad SMARTS) is 1. The van der Waals surface area contributed by atoms with Crippen molar-refractivity contribution in [3.8, 4) is 0 Å². The normalized spacial score (nSPS) is 26.9. The molecule has 108 valence electrons. The van der Waals surface area contributed by atoms with Crippen LogP contribution in [-0.4, -0.2) is 43.1 Å². The average molecular weight is 295 g/mol. The number of carboxylic acids is 1. The van der Waals surface area contributed by atoms with Crippen molar-refractivity contribution in [2.75, 3.05) is 18.0 Å². The van der Waals surface area contributed by atoms with Crippen molar-refractivity contribution in [3.05, 3.63) is 29.8 Å². The van der Waals surface area contributed by atoms with E-state index in [1.165, 1.54) is 0 Å². The topological polar surface area (TPSA) is 74.7 Å². The minimum Gasteiger partial charge on any atom is -0.481 e. The highest BCUT2D eigenvalue weighted by molar-refractivity contribution is 7.94. The zero-order valence-electron chi connectivity index (χ0n) is 11.0. The molecule has 2 atom stereocenters. The summed E-state index contributed by atoms with van der Waals surface area (Å²) in [5, 5.41) is 8.25. The summed E-state index contributed by atoms with van der Waals surface area (Å²) in [6.45, 7) is 1.15. The van der Waals surface area contributed by atoms with E-state index in [0.717, 1.165) is 17.7 Å². The van der Waals surface area contributed by atoms with Crippen LogP contribution in [0.4, 0.5) is 5.69 Å². The first-order valence-corrected chi connectivity index (χ1v) is 8.36. The second-order valence-corrected chi connectivity index (χ2v) is 8.05. The van der Waals surface area contributed by atoms with Crippen molar-refractivity contribution in [1.29, 1.82) is 0 Å². The van der Waals surface area contributed by atoms with Crippen LogP contribution < -0.4 is 4.90 Å². The Labute approximate surface area is 118 Å². The maximum Gasteiger partial charge on any atom is 0.303 e. The summed E-state index contributed by atoms with van der Waals surface area (Å²) >= 11 is 0. The number of aliphatic carboxylic acids is 1. The molecular formula is C14H17NO4S. The predicted molar refractivity (Wildman–Crippen MR) is 75.7 cm³/mol. The predicted octanol–water partition coefficient (Wildman–Crippen LogP) is 1.08. The molecule has 0 aliphatic carbocycles. The van der Waals surface area contributed by atoms with Crippen LogP contribution in [0.5, 0.6) is 0 Å². The lowest BCUT2D eigenvalue weighted by Gasteiger charge is -2.47. The Bertz CT molecular complexity index is 605. The van der Waals surface area contributed by atoms with Crippen LogP contribution in [0.25, 0.3) is 0 Å². The van der Waals surface area contributed by atoms with Gasteiger partial charge in [-0.15, -0.1) is 0 Å². The molecule has 0 amide bonds. The van der Waals surface area contributed by atoms with Crippen LogP contribution in [0.2, 0.25) is 0 Å². The number of nitrogens with zero attached hydrogens (tertiary/aromatic N) is 1. The van der Waals surface area contributed by atoms with Gasteiger partial charge in [-0.2, -0.15) is 0 Å². The zero-order chi connectivity index (χ0) is 14.3. The van der Waals surface area contributed by atoms with Crippen molar-refractivity contribution in [3.63, 3.8) is 0 Å². The van der Waals surface area contributed by atoms with Crippen LogP contribution in [0, 0.1) is 0 Å². The Hall–Kier alpha value is -1.56. The minimum absolute atomic E-state index is 0.130. The SMILES string of the molecule is O=C(O)CCc1ccc(N2CC3CC(C2)S3(=O)=O)cc1. The molecule has 0 spiro atoms. The monoisotopic (exact) mass is 295 g/mol. The number of sulfone groups is 1. The summed E-state index contributed by atoms with van der Waals surface area (Å²) < 4.78 is 23.5. The molecule has 0 aromatic heterocycles. The number of anilines is 1. The van der Waals surface area contributed by atoms with Gasteiger partial charge in [-0.3, -0.25) is 4.79 Å². The second-order valence-electron chi connectivity index (χ2n) is 5.53.